The molecule has 0 unspecified atom stereocenters. The zero-order valence-electron chi connectivity index (χ0n) is 23.6. The van der Waals surface area contributed by atoms with Crippen molar-refractivity contribution in [1.29, 1.82) is 0 Å². The Balaban J connectivity index is 0.00000616. The van der Waals surface area contributed by atoms with E-state index in [1.54, 1.807) is 48.5 Å². The molecule has 3 aromatic rings. The fraction of sp³-hybridized carbons (Fsp3) is 0.303. The van der Waals surface area contributed by atoms with Crippen LogP contribution in [-0.2, 0) is 21.5 Å². The summed E-state index contributed by atoms with van der Waals surface area (Å²) in [5, 5.41) is 26.8. The minimum Gasteiger partial charge on any atom is -0.391 e. The van der Waals surface area contributed by atoms with Gasteiger partial charge in [0.15, 0.2) is 0 Å². The first kappa shape index (κ1) is 33.7. The van der Waals surface area contributed by atoms with Gasteiger partial charge in [0, 0.05) is 28.9 Å². The quantitative estimate of drug-likeness (QED) is 0.131. The lowest BCUT2D eigenvalue weighted by atomic mass is 9.87. The summed E-state index contributed by atoms with van der Waals surface area (Å²) >= 11 is 0. The van der Waals surface area contributed by atoms with E-state index in [2.05, 4.69) is 72.8 Å². The van der Waals surface area contributed by atoms with Crippen LogP contribution in [0.2, 0.25) is 0 Å². The molecule has 0 saturated heterocycles. The number of amides is 3. The van der Waals surface area contributed by atoms with Crippen molar-refractivity contribution >= 4 is 23.4 Å². The lowest BCUT2D eigenvalue weighted by molar-refractivity contribution is -0.133. The predicted octanol–water partition coefficient (Wildman–Crippen LogP) is 3.73. The highest BCUT2D eigenvalue weighted by atomic mass is 16.5. The van der Waals surface area contributed by atoms with Crippen molar-refractivity contribution in [3.05, 3.63) is 101 Å². The second-order valence-corrected chi connectivity index (χ2v) is 10.7. The van der Waals surface area contributed by atoms with Gasteiger partial charge in [-0.15, -0.1) is 0 Å². The molecule has 0 heterocycles. The first-order valence-electron chi connectivity index (χ1n) is 13.2. The van der Waals surface area contributed by atoms with Crippen molar-refractivity contribution in [2.24, 2.45) is 0 Å². The van der Waals surface area contributed by atoms with Crippen LogP contribution >= 0.6 is 0 Å². The van der Waals surface area contributed by atoms with E-state index < -0.39 is 24.0 Å². The summed E-state index contributed by atoms with van der Waals surface area (Å²) in [5.41, 5.74) is 6.25. The van der Waals surface area contributed by atoms with Crippen LogP contribution in [0.4, 0.5) is 5.69 Å². The molecule has 222 valence electrons. The number of nitrogens with one attached hydrogen (secondary N) is 4. The van der Waals surface area contributed by atoms with E-state index in [1.165, 1.54) is 18.0 Å². The Labute approximate surface area is 247 Å². The number of anilines is 1. The van der Waals surface area contributed by atoms with Crippen LogP contribution < -0.4 is 21.4 Å². The third-order valence-electron chi connectivity index (χ3n) is 6.26. The SMILES string of the molecule is C.C[C@@H](O)[C@H](NC(=O)c1ccc(C#Cc2ccc(NC(=O)CNCc3ccc(C(C)(C)C)cc3)cc2)cc1)C(=O)NO. The van der Waals surface area contributed by atoms with Gasteiger partial charge < -0.3 is 21.1 Å². The van der Waals surface area contributed by atoms with Crippen molar-refractivity contribution in [2.75, 3.05) is 11.9 Å². The second kappa shape index (κ2) is 15.5. The van der Waals surface area contributed by atoms with E-state index in [0.717, 1.165) is 11.1 Å². The lowest BCUT2D eigenvalue weighted by Gasteiger charge is -2.19. The van der Waals surface area contributed by atoms with Crippen molar-refractivity contribution in [2.45, 2.75) is 59.2 Å². The third kappa shape index (κ3) is 10.2. The summed E-state index contributed by atoms with van der Waals surface area (Å²) < 4.78 is 0. The van der Waals surface area contributed by atoms with Crippen LogP contribution in [0.3, 0.4) is 0 Å². The van der Waals surface area contributed by atoms with Gasteiger partial charge in [0.25, 0.3) is 11.8 Å². The Hall–Kier alpha value is -4.49. The number of aliphatic hydroxyl groups is 1. The summed E-state index contributed by atoms with van der Waals surface area (Å²) in [6.45, 7) is 8.64. The summed E-state index contributed by atoms with van der Waals surface area (Å²) in [6.07, 6.45) is -1.20. The average molecular weight is 573 g/mol. The van der Waals surface area contributed by atoms with E-state index in [-0.39, 0.29) is 30.9 Å². The Morgan fingerprint density at radius 3 is 1.90 bits per heavy atom. The zero-order valence-corrected chi connectivity index (χ0v) is 23.6. The van der Waals surface area contributed by atoms with E-state index in [0.29, 0.717) is 17.8 Å². The Morgan fingerprint density at radius 1 is 0.857 bits per heavy atom. The summed E-state index contributed by atoms with van der Waals surface area (Å²) in [5.74, 6) is 4.40. The number of carbonyl (C=O) groups is 3. The number of rotatable bonds is 9. The Bertz CT molecular complexity index is 1400. The maximum absolute atomic E-state index is 12.4. The molecular weight excluding hydrogens is 532 g/mol. The van der Waals surface area contributed by atoms with E-state index in [9.17, 15) is 19.5 Å². The number of hydrogen-bond donors (Lipinski definition) is 6. The largest absolute Gasteiger partial charge is 0.391 e. The molecule has 9 heteroatoms. The van der Waals surface area contributed by atoms with Crippen LogP contribution in [0.1, 0.15) is 67.7 Å². The van der Waals surface area contributed by atoms with Crippen molar-refractivity contribution < 1.29 is 24.7 Å². The molecule has 0 bridgehead atoms. The molecule has 0 fully saturated rings. The van der Waals surface area contributed by atoms with Crippen LogP contribution in [0.5, 0.6) is 0 Å². The van der Waals surface area contributed by atoms with Gasteiger partial charge in [0.05, 0.1) is 12.6 Å². The highest BCUT2D eigenvalue weighted by Gasteiger charge is 2.25. The van der Waals surface area contributed by atoms with Crippen molar-refractivity contribution in [3.8, 4) is 11.8 Å². The van der Waals surface area contributed by atoms with Crippen LogP contribution in [0.15, 0.2) is 72.8 Å². The van der Waals surface area contributed by atoms with Gasteiger partial charge in [-0.05, 0) is 72.0 Å². The molecule has 0 saturated carbocycles. The summed E-state index contributed by atoms with van der Waals surface area (Å²) in [7, 11) is 0. The van der Waals surface area contributed by atoms with Crippen molar-refractivity contribution in [1.82, 2.24) is 16.1 Å². The highest BCUT2D eigenvalue weighted by Crippen LogP contribution is 2.22. The number of hydroxylamine groups is 1. The van der Waals surface area contributed by atoms with Gasteiger partial charge >= 0.3 is 0 Å². The number of benzene rings is 3. The minimum atomic E-state index is -1.30. The molecule has 0 aliphatic rings. The second-order valence-electron chi connectivity index (χ2n) is 10.7. The van der Waals surface area contributed by atoms with Gasteiger partial charge in [-0.25, -0.2) is 5.48 Å². The molecule has 2 atom stereocenters. The van der Waals surface area contributed by atoms with Crippen molar-refractivity contribution in [3.63, 3.8) is 0 Å². The third-order valence-corrected chi connectivity index (χ3v) is 6.26. The number of carbonyl (C=O) groups excluding carboxylic acids is 3. The fourth-order valence-electron chi connectivity index (χ4n) is 3.83. The molecule has 3 aromatic carbocycles. The predicted molar refractivity (Wildman–Crippen MR) is 164 cm³/mol. The molecular formula is C33H40N4O5. The normalized spacial score (nSPS) is 12.0. The van der Waals surface area contributed by atoms with Gasteiger partial charge in [-0.3, -0.25) is 19.6 Å². The van der Waals surface area contributed by atoms with Gasteiger partial charge in [-0.1, -0.05) is 64.3 Å². The minimum absolute atomic E-state index is 0. The monoisotopic (exact) mass is 572 g/mol. The molecule has 9 nitrogen and oxygen atoms in total. The van der Waals surface area contributed by atoms with Gasteiger partial charge in [-0.2, -0.15) is 0 Å². The lowest BCUT2D eigenvalue weighted by Crippen LogP contribution is -2.51. The maximum atomic E-state index is 12.4. The molecule has 0 aliphatic heterocycles. The summed E-state index contributed by atoms with van der Waals surface area (Å²) in [6, 6.07) is 20.7. The summed E-state index contributed by atoms with van der Waals surface area (Å²) in [4.78, 5) is 36.3. The highest BCUT2D eigenvalue weighted by molar-refractivity contribution is 5.97. The van der Waals surface area contributed by atoms with Crippen LogP contribution in [-0.4, -0.2) is 46.7 Å². The molecule has 0 aromatic heterocycles. The topological polar surface area (TPSA) is 140 Å². The van der Waals surface area contributed by atoms with Gasteiger partial charge in [0.2, 0.25) is 5.91 Å². The zero-order chi connectivity index (χ0) is 30.0. The van der Waals surface area contributed by atoms with Crippen LogP contribution in [0, 0.1) is 11.8 Å². The first-order chi connectivity index (χ1) is 19.5. The standard InChI is InChI=1S/C32H36N4O5.CH4/c1-21(37)29(31(40)36-41)35-30(39)25-13-7-22(8-14-25)5-6-23-11-17-27(18-12-23)34-28(38)20-33-19-24-9-15-26(16-10-24)32(2,3)4;/h7-18,21,29,33,37,41H,19-20H2,1-4H3,(H,34,38)(H,35,39)(H,36,40);1H4/t21-,29+;/m1./s1. The van der Waals surface area contributed by atoms with Gasteiger partial charge in [0.1, 0.15) is 6.04 Å². The molecule has 3 rings (SSSR count). The molecule has 0 spiro atoms. The number of hydrogen-bond acceptors (Lipinski definition) is 6. The number of aliphatic hydroxyl groups excluding tert-OH is 1. The molecule has 6 N–H and O–H groups in total. The molecule has 3 amide bonds. The Morgan fingerprint density at radius 2 is 1.40 bits per heavy atom. The van der Waals surface area contributed by atoms with Crippen LogP contribution in [0.25, 0.3) is 0 Å². The fourth-order valence-corrected chi connectivity index (χ4v) is 3.83. The van der Waals surface area contributed by atoms with E-state index >= 15 is 0 Å². The van der Waals surface area contributed by atoms with E-state index in [4.69, 9.17) is 5.21 Å². The smallest absolute Gasteiger partial charge is 0.268 e. The molecule has 0 radical (unpaired) electrons. The van der Waals surface area contributed by atoms with E-state index in [1.807, 2.05) is 0 Å². The molecule has 0 aliphatic carbocycles. The molecule has 42 heavy (non-hydrogen) atoms. The average Bonchev–Trinajstić information content (AvgIpc) is 2.95. The maximum Gasteiger partial charge on any atom is 0.268 e. The first-order valence-corrected chi connectivity index (χ1v) is 13.2. The Kier molecular flexibility index (Phi) is 12.4.